The molecule has 0 fully saturated rings. The molecule has 0 saturated heterocycles. The molecular weight excluding hydrogens is 332 g/mol. The molecule has 0 N–H and O–H groups in total. The van der Waals surface area contributed by atoms with Gasteiger partial charge >= 0.3 is 0 Å². The third-order valence-corrected chi connectivity index (χ3v) is 3.74. The second-order valence-electron chi connectivity index (χ2n) is 5.50. The second-order valence-corrected chi connectivity index (χ2v) is 5.50. The third kappa shape index (κ3) is 5.08. The molecule has 0 amide bonds. The van der Waals surface area contributed by atoms with Crippen LogP contribution in [-0.4, -0.2) is 13.3 Å². The molecule has 1 nitrogen and oxygen atoms in total. The molecule has 0 aliphatic rings. The molecule has 5 heteroatoms. The highest BCUT2D eigenvalue weighted by molar-refractivity contribution is 5.65. The van der Waals surface area contributed by atoms with Gasteiger partial charge in [-0.1, -0.05) is 30.3 Å². The minimum Gasteiger partial charge on any atom is -0.491 e. The predicted molar refractivity (Wildman–Crippen MR) is 91.1 cm³/mol. The third-order valence-electron chi connectivity index (χ3n) is 3.74. The Morgan fingerprint density at radius 2 is 1.76 bits per heavy atom. The Bertz CT molecular complexity index is 723. The van der Waals surface area contributed by atoms with Crippen molar-refractivity contribution in [2.45, 2.75) is 26.2 Å². The second kappa shape index (κ2) is 9.25. The predicted octanol–water partition coefficient (Wildman–Crippen LogP) is 6.18. The van der Waals surface area contributed by atoms with Crippen LogP contribution in [0.3, 0.4) is 0 Å². The summed E-state index contributed by atoms with van der Waals surface area (Å²) >= 11 is 0. The molecule has 0 aliphatic carbocycles. The Labute approximate surface area is 144 Å². The molecule has 0 spiro atoms. The lowest BCUT2D eigenvalue weighted by Gasteiger charge is -2.09. The summed E-state index contributed by atoms with van der Waals surface area (Å²) in [7, 11) is 0. The highest BCUT2D eigenvalue weighted by atomic mass is 19.2. The fraction of sp³-hybridized carbons (Fsp3) is 0.300. The zero-order valence-electron chi connectivity index (χ0n) is 14.0. The molecule has 134 valence electrons. The van der Waals surface area contributed by atoms with E-state index in [1.165, 1.54) is 18.2 Å². The summed E-state index contributed by atoms with van der Waals surface area (Å²) in [4.78, 5) is 0. The first kappa shape index (κ1) is 19.0. The van der Waals surface area contributed by atoms with Gasteiger partial charge in [0.05, 0.1) is 19.1 Å². The normalized spacial score (nSPS) is 11.6. The number of alkyl halides is 1. The lowest BCUT2D eigenvalue weighted by molar-refractivity contribution is 0.314. The van der Waals surface area contributed by atoms with Gasteiger partial charge in [0.15, 0.2) is 11.6 Å². The molecule has 2 rings (SSSR count). The molecule has 0 bridgehead atoms. The fourth-order valence-electron chi connectivity index (χ4n) is 2.46. The van der Waals surface area contributed by atoms with E-state index in [1.54, 1.807) is 31.2 Å². The number of halogens is 4. The van der Waals surface area contributed by atoms with Crippen molar-refractivity contribution in [3.8, 4) is 16.9 Å². The molecule has 0 atom stereocenters. The van der Waals surface area contributed by atoms with Crippen molar-refractivity contribution >= 4 is 0 Å². The Morgan fingerprint density at radius 3 is 2.40 bits per heavy atom. The van der Waals surface area contributed by atoms with Crippen molar-refractivity contribution in [3.63, 3.8) is 0 Å². The van der Waals surface area contributed by atoms with E-state index in [0.29, 0.717) is 18.4 Å². The molecule has 0 aromatic heterocycles. The number of allylic oxidation sites excluding steroid dienone is 2. The van der Waals surface area contributed by atoms with Gasteiger partial charge in [0.25, 0.3) is 0 Å². The number of aryl methyl sites for hydroxylation is 1. The fourth-order valence-corrected chi connectivity index (χ4v) is 2.46. The lowest BCUT2D eigenvalue weighted by Crippen LogP contribution is -1.98. The first-order valence-corrected chi connectivity index (χ1v) is 8.17. The van der Waals surface area contributed by atoms with E-state index >= 15 is 0 Å². The average Bonchev–Trinajstić information content (AvgIpc) is 2.60. The van der Waals surface area contributed by atoms with E-state index in [4.69, 9.17) is 4.74 Å². The van der Waals surface area contributed by atoms with Crippen molar-refractivity contribution in [1.29, 1.82) is 0 Å². The van der Waals surface area contributed by atoms with Gasteiger partial charge in [-0.2, -0.15) is 4.39 Å². The van der Waals surface area contributed by atoms with Gasteiger partial charge < -0.3 is 4.74 Å². The van der Waals surface area contributed by atoms with E-state index in [9.17, 15) is 17.6 Å². The molecule has 2 aromatic carbocycles. The average molecular weight is 352 g/mol. The maximum absolute atomic E-state index is 14.2. The van der Waals surface area contributed by atoms with E-state index in [0.717, 1.165) is 5.56 Å². The van der Waals surface area contributed by atoms with Crippen molar-refractivity contribution in [2.75, 3.05) is 13.3 Å². The van der Waals surface area contributed by atoms with Gasteiger partial charge in [0.1, 0.15) is 0 Å². The Balaban J connectivity index is 2.10. The van der Waals surface area contributed by atoms with Crippen LogP contribution in [-0.2, 0) is 6.42 Å². The zero-order chi connectivity index (χ0) is 18.2. The minimum absolute atomic E-state index is 0.109. The summed E-state index contributed by atoms with van der Waals surface area (Å²) in [6.07, 6.45) is 2.22. The van der Waals surface area contributed by atoms with Crippen LogP contribution in [0.2, 0.25) is 0 Å². The number of rotatable bonds is 8. The van der Waals surface area contributed by atoms with Crippen LogP contribution in [0.25, 0.3) is 11.1 Å². The van der Waals surface area contributed by atoms with Crippen LogP contribution in [0.15, 0.2) is 48.3 Å². The Hall–Kier alpha value is -2.30. The topological polar surface area (TPSA) is 9.23 Å². The van der Waals surface area contributed by atoms with Gasteiger partial charge in [-0.25, -0.2) is 8.78 Å². The van der Waals surface area contributed by atoms with Gasteiger partial charge in [-0.05, 0) is 43.0 Å². The Morgan fingerprint density at radius 1 is 1.04 bits per heavy atom. The van der Waals surface area contributed by atoms with Crippen molar-refractivity contribution in [2.24, 2.45) is 0 Å². The first-order chi connectivity index (χ1) is 12.1. The zero-order valence-corrected chi connectivity index (χ0v) is 14.0. The summed E-state index contributed by atoms with van der Waals surface area (Å²) < 4.78 is 58.3. The van der Waals surface area contributed by atoms with Crippen molar-refractivity contribution < 1.29 is 22.3 Å². The van der Waals surface area contributed by atoms with Crippen LogP contribution >= 0.6 is 0 Å². The molecule has 0 unspecified atom stereocenters. The lowest BCUT2D eigenvalue weighted by atomic mass is 10.0. The van der Waals surface area contributed by atoms with E-state index in [1.807, 2.05) is 0 Å². The van der Waals surface area contributed by atoms with Crippen LogP contribution in [0, 0.1) is 11.6 Å². The number of benzene rings is 2. The number of ether oxygens (including phenoxy) is 1. The largest absolute Gasteiger partial charge is 0.491 e. The molecule has 0 heterocycles. The Kier molecular flexibility index (Phi) is 7.04. The van der Waals surface area contributed by atoms with Crippen LogP contribution in [0.1, 0.15) is 25.3 Å². The molecule has 0 aliphatic heterocycles. The molecule has 0 saturated carbocycles. The van der Waals surface area contributed by atoms with Gasteiger partial charge in [0.2, 0.25) is 5.82 Å². The smallest absolute Gasteiger partial charge is 0.201 e. The van der Waals surface area contributed by atoms with Gasteiger partial charge in [-0.3, -0.25) is 4.39 Å². The number of hydrogen-bond acceptors (Lipinski definition) is 1. The highest BCUT2D eigenvalue weighted by Gasteiger charge is 2.15. The maximum atomic E-state index is 14.2. The minimum atomic E-state index is -1.00. The number of hydrogen-bond donors (Lipinski definition) is 0. The van der Waals surface area contributed by atoms with Crippen LogP contribution < -0.4 is 4.74 Å². The van der Waals surface area contributed by atoms with Gasteiger partial charge in [0, 0.05) is 12.0 Å². The van der Waals surface area contributed by atoms with Gasteiger partial charge in [-0.15, -0.1) is 0 Å². The summed E-state index contributed by atoms with van der Waals surface area (Å²) in [5.41, 5.74) is 1.63. The van der Waals surface area contributed by atoms with E-state index in [-0.39, 0.29) is 24.3 Å². The summed E-state index contributed by atoms with van der Waals surface area (Å²) in [5.74, 6) is -2.51. The molecular formula is C20H20F4O. The standard InChI is InChI=1S/C20H20F4O/c1-2-25-18-11-10-17(19(23)20(18)24)15-8-6-14(7-9-15)4-3-5-16(22)12-13-21/h5-11H,2-4,12-13H2,1H3. The van der Waals surface area contributed by atoms with E-state index in [2.05, 4.69) is 0 Å². The summed E-state index contributed by atoms with van der Waals surface area (Å²) in [6, 6.07) is 9.83. The highest BCUT2D eigenvalue weighted by Crippen LogP contribution is 2.30. The quantitative estimate of drug-likeness (QED) is 0.516. The molecule has 2 aromatic rings. The van der Waals surface area contributed by atoms with Crippen LogP contribution in [0.4, 0.5) is 17.6 Å². The maximum Gasteiger partial charge on any atom is 0.201 e. The van der Waals surface area contributed by atoms with Crippen molar-refractivity contribution in [3.05, 3.63) is 65.5 Å². The van der Waals surface area contributed by atoms with Crippen molar-refractivity contribution in [1.82, 2.24) is 0 Å². The summed E-state index contributed by atoms with van der Waals surface area (Å²) in [5, 5.41) is 0. The molecule has 0 radical (unpaired) electrons. The first-order valence-electron chi connectivity index (χ1n) is 8.17. The van der Waals surface area contributed by atoms with Crippen LogP contribution in [0.5, 0.6) is 5.75 Å². The SMILES string of the molecule is CCOc1ccc(-c2ccc(CCC=C(F)CCF)cc2)c(F)c1F. The monoisotopic (exact) mass is 352 g/mol. The van der Waals surface area contributed by atoms with E-state index < -0.39 is 24.1 Å². The molecule has 25 heavy (non-hydrogen) atoms. The summed E-state index contributed by atoms with van der Waals surface area (Å²) in [6.45, 7) is 1.24.